The first-order valence-electron chi connectivity index (χ1n) is 6.42. The van der Waals surface area contributed by atoms with Crippen molar-refractivity contribution >= 4 is 17.7 Å². The molecule has 0 atom stereocenters. The predicted molar refractivity (Wildman–Crippen MR) is 81.3 cm³/mol. The van der Waals surface area contributed by atoms with Gasteiger partial charge in [0.25, 0.3) is 0 Å². The number of ether oxygens (including phenoxy) is 1. The van der Waals surface area contributed by atoms with Crippen molar-refractivity contribution in [3.8, 4) is 0 Å². The summed E-state index contributed by atoms with van der Waals surface area (Å²) in [6, 6.07) is 18.0. The lowest BCUT2D eigenvalue weighted by atomic mass is 10.1. The van der Waals surface area contributed by atoms with E-state index in [4.69, 9.17) is 0 Å². The minimum Gasteiger partial charge on any atom is -0.466 e. The molecule has 102 valence electrons. The minimum atomic E-state index is -0.358. The van der Waals surface area contributed by atoms with Crippen LogP contribution in [0, 0.1) is 0 Å². The minimum absolute atomic E-state index is 0.358. The molecular weight excluding hydrogens is 250 g/mol. The molecule has 0 radical (unpaired) electrons. The van der Waals surface area contributed by atoms with E-state index in [1.54, 1.807) is 6.08 Å². The molecule has 3 nitrogen and oxygen atoms in total. The first kappa shape index (κ1) is 13.9. The third-order valence-electron chi connectivity index (χ3n) is 2.89. The number of para-hydroxylation sites is 1. The van der Waals surface area contributed by atoms with Crippen LogP contribution in [0.15, 0.2) is 60.7 Å². The van der Waals surface area contributed by atoms with Gasteiger partial charge in [-0.15, -0.1) is 0 Å². The van der Waals surface area contributed by atoms with Crippen molar-refractivity contribution in [2.45, 2.75) is 6.54 Å². The molecular formula is C17H17NO2. The summed E-state index contributed by atoms with van der Waals surface area (Å²) >= 11 is 0. The van der Waals surface area contributed by atoms with Gasteiger partial charge in [0.05, 0.1) is 7.11 Å². The lowest BCUT2D eigenvalue weighted by Crippen LogP contribution is -2.01. The van der Waals surface area contributed by atoms with Gasteiger partial charge in [-0.25, -0.2) is 4.79 Å². The Morgan fingerprint density at radius 1 is 1.10 bits per heavy atom. The molecule has 0 aliphatic heterocycles. The number of esters is 1. The Hall–Kier alpha value is -2.55. The number of rotatable bonds is 5. The monoisotopic (exact) mass is 267 g/mol. The number of hydrogen-bond donors (Lipinski definition) is 1. The van der Waals surface area contributed by atoms with E-state index < -0.39 is 0 Å². The van der Waals surface area contributed by atoms with Crippen LogP contribution in [0.1, 0.15) is 11.1 Å². The van der Waals surface area contributed by atoms with E-state index in [0.29, 0.717) is 0 Å². The van der Waals surface area contributed by atoms with Crippen LogP contribution in [0.5, 0.6) is 0 Å². The van der Waals surface area contributed by atoms with Gasteiger partial charge in [0, 0.05) is 18.3 Å². The van der Waals surface area contributed by atoms with Crippen LogP contribution < -0.4 is 5.32 Å². The van der Waals surface area contributed by atoms with Gasteiger partial charge in [0.2, 0.25) is 0 Å². The second kappa shape index (κ2) is 7.14. The maximum atomic E-state index is 11.1. The highest BCUT2D eigenvalue weighted by molar-refractivity contribution is 5.88. The summed E-state index contributed by atoms with van der Waals surface area (Å²) in [5.41, 5.74) is 3.14. The smallest absolute Gasteiger partial charge is 0.330 e. The second-order valence-corrected chi connectivity index (χ2v) is 4.28. The fraction of sp³-hybridized carbons (Fsp3) is 0.118. The molecule has 0 fully saturated rings. The summed E-state index contributed by atoms with van der Waals surface area (Å²) in [5.74, 6) is -0.358. The first-order chi connectivity index (χ1) is 9.79. The van der Waals surface area contributed by atoms with Crippen LogP contribution >= 0.6 is 0 Å². The van der Waals surface area contributed by atoms with Gasteiger partial charge in [-0.2, -0.15) is 0 Å². The van der Waals surface area contributed by atoms with Gasteiger partial charge in [-0.3, -0.25) is 0 Å². The van der Waals surface area contributed by atoms with Crippen LogP contribution in [-0.2, 0) is 16.1 Å². The molecule has 2 aromatic carbocycles. The predicted octanol–water partition coefficient (Wildman–Crippen LogP) is 3.48. The Bertz CT molecular complexity index is 591. The highest BCUT2D eigenvalue weighted by Gasteiger charge is 1.99. The van der Waals surface area contributed by atoms with Crippen LogP contribution in [0.4, 0.5) is 5.69 Å². The molecule has 20 heavy (non-hydrogen) atoms. The van der Waals surface area contributed by atoms with E-state index in [0.717, 1.165) is 17.8 Å². The zero-order valence-corrected chi connectivity index (χ0v) is 11.4. The van der Waals surface area contributed by atoms with E-state index in [-0.39, 0.29) is 5.97 Å². The second-order valence-electron chi connectivity index (χ2n) is 4.28. The lowest BCUT2D eigenvalue weighted by Gasteiger charge is -2.09. The number of anilines is 1. The number of hydrogen-bond acceptors (Lipinski definition) is 3. The lowest BCUT2D eigenvalue weighted by molar-refractivity contribution is -0.134. The molecule has 0 aliphatic carbocycles. The quantitative estimate of drug-likeness (QED) is 0.665. The summed E-state index contributed by atoms with van der Waals surface area (Å²) in [6.45, 7) is 0.740. The summed E-state index contributed by atoms with van der Waals surface area (Å²) in [6.07, 6.45) is 3.17. The van der Waals surface area contributed by atoms with Crippen LogP contribution in [0.3, 0.4) is 0 Å². The number of carbonyl (C=O) groups is 1. The number of nitrogens with one attached hydrogen (secondary N) is 1. The molecule has 2 aromatic rings. The van der Waals surface area contributed by atoms with E-state index in [2.05, 4.69) is 22.2 Å². The standard InChI is InChI=1S/C17H17NO2/c1-20-17(19)12-11-15-9-5-6-10-16(15)18-13-14-7-3-2-4-8-14/h2-12,18H,13H2,1H3. The average molecular weight is 267 g/mol. The van der Waals surface area contributed by atoms with E-state index in [9.17, 15) is 4.79 Å². The van der Waals surface area contributed by atoms with Crippen molar-refractivity contribution in [1.82, 2.24) is 0 Å². The zero-order valence-electron chi connectivity index (χ0n) is 11.4. The molecule has 0 amide bonds. The Morgan fingerprint density at radius 3 is 2.55 bits per heavy atom. The van der Waals surface area contributed by atoms with Gasteiger partial charge >= 0.3 is 5.97 Å². The molecule has 0 spiro atoms. The van der Waals surface area contributed by atoms with Crippen molar-refractivity contribution in [3.05, 3.63) is 71.8 Å². The number of methoxy groups -OCH3 is 1. The molecule has 0 unspecified atom stereocenters. The fourth-order valence-corrected chi connectivity index (χ4v) is 1.82. The molecule has 0 aromatic heterocycles. The third kappa shape index (κ3) is 3.99. The summed E-state index contributed by atoms with van der Waals surface area (Å²) in [7, 11) is 1.37. The fourth-order valence-electron chi connectivity index (χ4n) is 1.82. The maximum absolute atomic E-state index is 11.1. The van der Waals surface area contributed by atoms with Gasteiger partial charge < -0.3 is 10.1 Å². The van der Waals surface area contributed by atoms with Gasteiger partial charge in [0.1, 0.15) is 0 Å². The van der Waals surface area contributed by atoms with Gasteiger partial charge in [0.15, 0.2) is 0 Å². The highest BCUT2D eigenvalue weighted by atomic mass is 16.5. The molecule has 2 rings (SSSR count). The number of carbonyl (C=O) groups excluding carboxylic acids is 1. The summed E-state index contributed by atoms with van der Waals surface area (Å²) < 4.78 is 4.59. The SMILES string of the molecule is COC(=O)C=Cc1ccccc1NCc1ccccc1. The molecule has 0 saturated carbocycles. The van der Waals surface area contributed by atoms with Gasteiger partial charge in [-0.05, 0) is 23.3 Å². The normalized spacial score (nSPS) is 10.4. The first-order valence-corrected chi connectivity index (χ1v) is 6.42. The largest absolute Gasteiger partial charge is 0.466 e. The molecule has 0 saturated heterocycles. The van der Waals surface area contributed by atoms with Gasteiger partial charge in [-0.1, -0.05) is 48.5 Å². The van der Waals surface area contributed by atoms with E-state index in [1.165, 1.54) is 18.7 Å². The summed E-state index contributed by atoms with van der Waals surface area (Å²) in [5, 5.41) is 3.37. The molecule has 1 N–H and O–H groups in total. The van der Waals surface area contributed by atoms with Crippen molar-refractivity contribution in [2.75, 3.05) is 12.4 Å². The third-order valence-corrected chi connectivity index (χ3v) is 2.89. The molecule has 0 aliphatic rings. The van der Waals surface area contributed by atoms with Crippen molar-refractivity contribution in [3.63, 3.8) is 0 Å². The molecule has 3 heteroatoms. The Morgan fingerprint density at radius 2 is 1.80 bits per heavy atom. The van der Waals surface area contributed by atoms with Crippen LogP contribution in [0.25, 0.3) is 6.08 Å². The average Bonchev–Trinajstić information content (AvgIpc) is 2.52. The summed E-state index contributed by atoms with van der Waals surface area (Å²) in [4.78, 5) is 11.1. The Balaban J connectivity index is 2.08. The van der Waals surface area contributed by atoms with Crippen molar-refractivity contribution < 1.29 is 9.53 Å². The zero-order chi connectivity index (χ0) is 14.2. The highest BCUT2D eigenvalue weighted by Crippen LogP contribution is 2.17. The number of benzene rings is 2. The van der Waals surface area contributed by atoms with Crippen LogP contribution in [-0.4, -0.2) is 13.1 Å². The molecule has 0 heterocycles. The Labute approximate surface area is 118 Å². The van der Waals surface area contributed by atoms with Crippen molar-refractivity contribution in [1.29, 1.82) is 0 Å². The van der Waals surface area contributed by atoms with E-state index in [1.807, 2.05) is 42.5 Å². The van der Waals surface area contributed by atoms with Crippen molar-refractivity contribution in [2.24, 2.45) is 0 Å². The molecule has 0 bridgehead atoms. The topological polar surface area (TPSA) is 38.3 Å². The van der Waals surface area contributed by atoms with E-state index >= 15 is 0 Å². The Kier molecular flexibility index (Phi) is 4.95. The van der Waals surface area contributed by atoms with Crippen LogP contribution in [0.2, 0.25) is 0 Å². The maximum Gasteiger partial charge on any atom is 0.330 e.